The number of hydrogen-bond donors (Lipinski definition) is 0. The van der Waals surface area contributed by atoms with Crippen molar-refractivity contribution in [1.29, 1.82) is 0 Å². The average Bonchev–Trinajstić information content (AvgIpc) is 2.25. The van der Waals surface area contributed by atoms with E-state index in [1.165, 1.54) is 0 Å². The summed E-state index contributed by atoms with van der Waals surface area (Å²) in [7, 11) is 1.93. The van der Waals surface area contributed by atoms with Crippen molar-refractivity contribution in [3.05, 3.63) is 23.8 Å². The van der Waals surface area contributed by atoms with Gasteiger partial charge in [-0.15, -0.1) is 0 Å². The zero-order valence-corrected chi connectivity index (χ0v) is 12.2. The van der Waals surface area contributed by atoms with Gasteiger partial charge >= 0.3 is 6.18 Å². The third-order valence-electron chi connectivity index (χ3n) is 2.14. The van der Waals surface area contributed by atoms with Gasteiger partial charge in [-0.1, -0.05) is 29.3 Å². The molecule has 0 saturated heterocycles. The Labute approximate surface area is 121 Å². The van der Waals surface area contributed by atoms with Crippen LogP contribution in [-0.2, 0) is 13.4 Å². The van der Waals surface area contributed by atoms with Crippen molar-refractivity contribution in [2.75, 3.05) is 7.11 Å². The lowest BCUT2D eigenvalue weighted by Gasteiger charge is -2.23. The van der Waals surface area contributed by atoms with Crippen LogP contribution in [0.3, 0.4) is 0 Å². The summed E-state index contributed by atoms with van der Waals surface area (Å²) in [6.07, 6.45) is -4.99. The van der Waals surface area contributed by atoms with E-state index in [1.54, 1.807) is 0 Å². The maximum absolute atomic E-state index is 12.7. The van der Waals surface area contributed by atoms with E-state index in [1.807, 2.05) is 0 Å². The van der Waals surface area contributed by atoms with Crippen molar-refractivity contribution in [2.45, 2.75) is 15.4 Å². The summed E-state index contributed by atoms with van der Waals surface area (Å²) in [5, 5.41) is 0. The van der Waals surface area contributed by atoms with Gasteiger partial charge in [-0.3, -0.25) is 0 Å². The lowest BCUT2D eigenvalue weighted by molar-refractivity contribution is -0.143. The highest BCUT2D eigenvalue weighted by Crippen LogP contribution is 2.49. The van der Waals surface area contributed by atoms with Crippen molar-refractivity contribution in [2.24, 2.45) is 0 Å². The SMILES string of the molecule is COc1ccc(C(Cl)(Cl)C(F)(F)F)cc1S(=O)(=O)Cl. The molecule has 0 aliphatic carbocycles. The molecule has 108 valence electrons. The van der Waals surface area contributed by atoms with Crippen molar-refractivity contribution in [3.63, 3.8) is 0 Å². The number of ether oxygens (including phenoxy) is 1. The van der Waals surface area contributed by atoms with Crippen LogP contribution in [0.15, 0.2) is 23.1 Å². The lowest BCUT2D eigenvalue weighted by Crippen LogP contribution is -2.31. The van der Waals surface area contributed by atoms with Gasteiger partial charge in [0.05, 0.1) is 7.11 Å². The first-order valence-corrected chi connectivity index (χ1v) is 7.55. The molecule has 0 bridgehead atoms. The summed E-state index contributed by atoms with van der Waals surface area (Å²) >= 11 is 10.4. The van der Waals surface area contributed by atoms with Gasteiger partial charge in [0.25, 0.3) is 9.05 Å². The second-order valence-corrected chi connectivity index (χ2v) is 7.24. The first-order chi connectivity index (χ1) is 8.41. The first-order valence-electron chi connectivity index (χ1n) is 4.49. The maximum Gasteiger partial charge on any atom is 0.425 e. The fraction of sp³-hybridized carbons (Fsp3) is 0.333. The highest BCUT2D eigenvalue weighted by molar-refractivity contribution is 8.13. The predicted molar refractivity (Wildman–Crippen MR) is 65.5 cm³/mol. The van der Waals surface area contributed by atoms with E-state index >= 15 is 0 Å². The molecule has 19 heavy (non-hydrogen) atoms. The molecule has 0 aliphatic rings. The number of rotatable bonds is 3. The van der Waals surface area contributed by atoms with E-state index in [-0.39, 0.29) is 5.75 Å². The van der Waals surface area contributed by atoms with E-state index in [0.717, 1.165) is 19.2 Å². The molecule has 1 aromatic rings. The zero-order valence-electron chi connectivity index (χ0n) is 9.13. The van der Waals surface area contributed by atoms with Crippen LogP contribution in [0, 0.1) is 0 Å². The molecule has 0 atom stereocenters. The Kier molecular flexibility index (Phi) is 4.56. The van der Waals surface area contributed by atoms with Crippen LogP contribution >= 0.6 is 33.9 Å². The number of hydrogen-bond acceptors (Lipinski definition) is 3. The molecule has 0 N–H and O–H groups in total. The van der Waals surface area contributed by atoms with Gasteiger partial charge in [0.2, 0.25) is 4.33 Å². The van der Waals surface area contributed by atoms with Gasteiger partial charge in [0, 0.05) is 10.7 Å². The topological polar surface area (TPSA) is 43.4 Å². The maximum atomic E-state index is 12.7. The molecule has 0 heterocycles. The summed E-state index contributed by atoms with van der Waals surface area (Å²) in [6.45, 7) is 0. The molecule has 1 rings (SSSR count). The molecule has 0 aliphatic heterocycles. The third kappa shape index (κ3) is 3.39. The van der Waals surface area contributed by atoms with Gasteiger partial charge < -0.3 is 4.74 Å². The molecule has 0 amide bonds. The highest BCUT2D eigenvalue weighted by Gasteiger charge is 2.54. The fourth-order valence-electron chi connectivity index (χ4n) is 1.23. The van der Waals surface area contributed by atoms with Crippen molar-refractivity contribution < 1.29 is 26.3 Å². The van der Waals surface area contributed by atoms with Gasteiger partial charge in [-0.05, 0) is 17.7 Å². The Balaban J connectivity index is 3.51. The van der Waals surface area contributed by atoms with E-state index in [2.05, 4.69) is 0 Å². The fourth-order valence-corrected chi connectivity index (χ4v) is 2.48. The van der Waals surface area contributed by atoms with E-state index < -0.39 is 30.0 Å². The lowest BCUT2D eigenvalue weighted by atomic mass is 10.1. The second kappa shape index (κ2) is 5.20. The molecule has 0 aromatic heterocycles. The Morgan fingerprint density at radius 2 is 1.74 bits per heavy atom. The second-order valence-electron chi connectivity index (χ2n) is 3.38. The summed E-state index contributed by atoms with van der Waals surface area (Å²) in [5.41, 5.74) is -0.677. The van der Waals surface area contributed by atoms with Crippen LogP contribution < -0.4 is 4.74 Å². The van der Waals surface area contributed by atoms with Crippen LogP contribution in [0.2, 0.25) is 0 Å². The molecule has 0 saturated carbocycles. The summed E-state index contributed by atoms with van der Waals surface area (Å²) in [6, 6.07) is 2.50. The quantitative estimate of drug-likeness (QED) is 0.610. The number of halogens is 6. The zero-order chi connectivity index (χ0) is 15.1. The third-order valence-corrected chi connectivity index (χ3v) is 4.35. The number of alkyl halides is 5. The monoisotopic (exact) mass is 356 g/mol. The minimum absolute atomic E-state index is 0.218. The first kappa shape index (κ1) is 16.7. The number of benzene rings is 1. The summed E-state index contributed by atoms with van der Waals surface area (Å²) < 4.78 is 61.9. The van der Waals surface area contributed by atoms with Crippen LogP contribution in [0.4, 0.5) is 13.2 Å². The molecule has 1 aromatic carbocycles. The molecule has 0 radical (unpaired) electrons. The van der Waals surface area contributed by atoms with Gasteiger partial charge in [0.15, 0.2) is 0 Å². The number of methoxy groups -OCH3 is 1. The van der Waals surface area contributed by atoms with Crippen molar-refractivity contribution in [3.8, 4) is 5.75 Å². The van der Waals surface area contributed by atoms with Gasteiger partial charge in [-0.2, -0.15) is 13.2 Å². The minimum atomic E-state index is -4.99. The largest absolute Gasteiger partial charge is 0.495 e. The van der Waals surface area contributed by atoms with Gasteiger partial charge in [0.1, 0.15) is 10.6 Å². The Morgan fingerprint density at radius 1 is 1.21 bits per heavy atom. The van der Waals surface area contributed by atoms with Crippen LogP contribution in [0.5, 0.6) is 5.75 Å². The van der Waals surface area contributed by atoms with E-state index in [0.29, 0.717) is 6.07 Å². The standard InChI is InChI=1S/C9H6Cl3F3O3S/c1-18-6-3-2-5(4-7(6)19(12,16)17)8(10,11)9(13,14)15/h2-4H,1H3. The van der Waals surface area contributed by atoms with Crippen molar-refractivity contribution >= 4 is 42.9 Å². The summed E-state index contributed by atoms with van der Waals surface area (Å²) in [5.74, 6) is -0.218. The Bertz CT molecular complexity index is 584. The Hall–Kier alpha value is -0.370. The molecular formula is C9H6Cl3F3O3S. The minimum Gasteiger partial charge on any atom is -0.495 e. The molecule has 0 unspecified atom stereocenters. The average molecular weight is 358 g/mol. The van der Waals surface area contributed by atoms with E-state index in [9.17, 15) is 21.6 Å². The van der Waals surface area contributed by atoms with Crippen LogP contribution in [0.1, 0.15) is 5.56 Å². The van der Waals surface area contributed by atoms with Gasteiger partial charge in [-0.25, -0.2) is 8.42 Å². The van der Waals surface area contributed by atoms with Crippen LogP contribution in [0.25, 0.3) is 0 Å². The molecule has 0 spiro atoms. The van der Waals surface area contributed by atoms with Crippen molar-refractivity contribution in [1.82, 2.24) is 0 Å². The normalized spacial score (nSPS) is 13.4. The molecule has 3 nitrogen and oxygen atoms in total. The Morgan fingerprint density at radius 3 is 2.11 bits per heavy atom. The van der Waals surface area contributed by atoms with Crippen LogP contribution in [-0.4, -0.2) is 21.7 Å². The summed E-state index contributed by atoms with van der Waals surface area (Å²) in [4.78, 5) is -0.649. The predicted octanol–water partition coefficient (Wildman–Crippen LogP) is 3.82. The van der Waals surface area contributed by atoms with E-state index in [4.69, 9.17) is 38.6 Å². The highest BCUT2D eigenvalue weighted by atomic mass is 35.7. The smallest absolute Gasteiger partial charge is 0.425 e. The molecular weight excluding hydrogens is 352 g/mol. The molecule has 0 fully saturated rings. The molecule has 10 heteroatoms.